The maximum atomic E-state index is 9.10. The topological polar surface area (TPSA) is 27.0 Å². The van der Waals surface area contributed by atoms with Gasteiger partial charge in [-0.25, -0.2) is 0 Å². The molecule has 0 unspecified atom stereocenters. The smallest absolute Gasteiger partial charge is 0.101 e. The van der Waals surface area contributed by atoms with Gasteiger partial charge in [-0.1, -0.05) is 29.8 Å². The quantitative estimate of drug-likeness (QED) is 0.817. The predicted octanol–water partition coefficient (Wildman–Crippen LogP) is 3.95. The molecule has 2 nitrogen and oxygen atoms in total. The molecule has 0 heterocycles. The van der Waals surface area contributed by atoms with Crippen LogP contribution in [0.4, 0.5) is 5.69 Å². The lowest BCUT2D eigenvalue weighted by Crippen LogP contribution is -2.25. The van der Waals surface area contributed by atoms with Gasteiger partial charge in [0, 0.05) is 17.6 Å². The molecule has 0 saturated carbocycles. The van der Waals surface area contributed by atoms with Gasteiger partial charge in [0.05, 0.1) is 11.3 Å². The van der Waals surface area contributed by atoms with Crippen molar-refractivity contribution in [1.29, 1.82) is 5.26 Å². The minimum atomic E-state index is 0.755. The summed E-state index contributed by atoms with van der Waals surface area (Å²) >= 11 is 3.46. The van der Waals surface area contributed by atoms with Crippen LogP contribution in [0.1, 0.15) is 32.3 Å². The summed E-state index contributed by atoms with van der Waals surface area (Å²) in [6.45, 7) is 6.32. The first kappa shape index (κ1) is 13.1. The maximum Gasteiger partial charge on any atom is 0.101 e. The van der Waals surface area contributed by atoms with E-state index < -0.39 is 0 Å². The van der Waals surface area contributed by atoms with Gasteiger partial charge in [0.15, 0.2) is 0 Å². The molecule has 0 aromatic heterocycles. The number of halogens is 1. The first-order chi connectivity index (χ1) is 7.72. The van der Waals surface area contributed by atoms with E-state index >= 15 is 0 Å². The number of hydrogen-bond donors (Lipinski definition) is 0. The molecule has 1 rings (SSSR count). The summed E-state index contributed by atoms with van der Waals surface area (Å²) in [7, 11) is 0. The Morgan fingerprint density at radius 2 is 1.88 bits per heavy atom. The van der Waals surface area contributed by atoms with Crippen molar-refractivity contribution in [2.45, 2.75) is 26.7 Å². The van der Waals surface area contributed by atoms with Crippen LogP contribution in [-0.2, 0) is 0 Å². The Bertz CT molecular complexity index is 376. The molecule has 0 atom stereocenters. The fraction of sp³-hybridized carbons (Fsp3) is 0.462. The molecule has 0 amide bonds. The summed E-state index contributed by atoms with van der Waals surface area (Å²) in [5.74, 6) is 0. The molecule has 0 bridgehead atoms. The van der Waals surface area contributed by atoms with Crippen molar-refractivity contribution < 1.29 is 0 Å². The molecule has 0 aliphatic carbocycles. The van der Waals surface area contributed by atoms with Crippen LogP contribution in [0.15, 0.2) is 22.7 Å². The summed E-state index contributed by atoms with van der Waals surface area (Å²) < 4.78 is 1.03. The highest BCUT2D eigenvalue weighted by Gasteiger charge is 2.10. The molecule has 0 spiro atoms. The van der Waals surface area contributed by atoms with Gasteiger partial charge in [0.2, 0.25) is 0 Å². The fourth-order valence-corrected chi connectivity index (χ4v) is 2.10. The van der Waals surface area contributed by atoms with Gasteiger partial charge in [-0.05, 0) is 31.0 Å². The lowest BCUT2D eigenvalue weighted by molar-refractivity contribution is 0.744. The van der Waals surface area contributed by atoms with Crippen molar-refractivity contribution in [2.24, 2.45) is 0 Å². The van der Waals surface area contributed by atoms with Crippen LogP contribution in [0.3, 0.4) is 0 Å². The van der Waals surface area contributed by atoms with E-state index in [0.29, 0.717) is 0 Å². The van der Waals surface area contributed by atoms with E-state index in [1.165, 1.54) is 0 Å². The van der Waals surface area contributed by atoms with Gasteiger partial charge in [-0.15, -0.1) is 0 Å². The van der Waals surface area contributed by atoms with Crippen molar-refractivity contribution in [3.8, 4) is 6.07 Å². The van der Waals surface area contributed by atoms with Crippen molar-refractivity contribution >= 4 is 21.6 Å². The Kier molecular flexibility index (Phi) is 5.34. The van der Waals surface area contributed by atoms with Gasteiger partial charge in [-0.3, -0.25) is 0 Å². The molecule has 1 aromatic rings. The normalized spacial score (nSPS) is 9.88. The molecule has 3 heteroatoms. The number of rotatable bonds is 5. The second kappa shape index (κ2) is 6.55. The highest BCUT2D eigenvalue weighted by Crippen LogP contribution is 2.25. The van der Waals surface area contributed by atoms with Crippen molar-refractivity contribution in [3.63, 3.8) is 0 Å². The van der Waals surface area contributed by atoms with Gasteiger partial charge in [0.1, 0.15) is 6.07 Å². The zero-order valence-electron chi connectivity index (χ0n) is 9.83. The summed E-state index contributed by atoms with van der Waals surface area (Å²) in [6, 6.07) is 8.08. The van der Waals surface area contributed by atoms with Crippen LogP contribution in [0.25, 0.3) is 0 Å². The van der Waals surface area contributed by atoms with Crippen molar-refractivity contribution in [3.05, 3.63) is 28.2 Å². The third-order valence-corrected chi connectivity index (χ3v) is 2.90. The van der Waals surface area contributed by atoms with E-state index in [4.69, 9.17) is 5.26 Å². The largest absolute Gasteiger partial charge is 0.370 e. The number of anilines is 1. The molecule has 0 aliphatic heterocycles. The Hall–Kier alpha value is -1.01. The van der Waals surface area contributed by atoms with Gasteiger partial charge < -0.3 is 4.90 Å². The molecule has 1 aromatic carbocycles. The molecule has 0 fully saturated rings. The van der Waals surface area contributed by atoms with Crippen LogP contribution in [0.5, 0.6) is 0 Å². The van der Waals surface area contributed by atoms with E-state index in [9.17, 15) is 0 Å². The Balaban J connectivity index is 3.06. The average Bonchev–Trinajstić information content (AvgIpc) is 2.29. The molecule has 0 saturated heterocycles. The average molecular weight is 281 g/mol. The summed E-state index contributed by atoms with van der Waals surface area (Å²) in [6.07, 6.45) is 2.19. The van der Waals surface area contributed by atoms with Gasteiger partial charge in [-0.2, -0.15) is 5.26 Å². The lowest BCUT2D eigenvalue weighted by atomic mass is 10.1. The number of nitrogens with zero attached hydrogens (tertiary/aromatic N) is 2. The molecule has 16 heavy (non-hydrogen) atoms. The van der Waals surface area contributed by atoms with Crippen LogP contribution in [-0.4, -0.2) is 13.1 Å². The number of benzene rings is 1. The third-order valence-electron chi connectivity index (χ3n) is 2.41. The van der Waals surface area contributed by atoms with Crippen molar-refractivity contribution in [2.75, 3.05) is 18.0 Å². The number of nitriles is 1. The van der Waals surface area contributed by atoms with E-state index in [0.717, 1.165) is 41.7 Å². The zero-order valence-corrected chi connectivity index (χ0v) is 11.4. The molecule has 0 N–H and O–H groups in total. The molecular formula is C13H17BrN2. The Morgan fingerprint density at radius 1 is 1.25 bits per heavy atom. The summed E-state index contributed by atoms with van der Waals surface area (Å²) in [4.78, 5) is 2.28. The zero-order chi connectivity index (χ0) is 12.0. The third kappa shape index (κ3) is 3.24. The highest BCUT2D eigenvalue weighted by atomic mass is 79.9. The van der Waals surface area contributed by atoms with Gasteiger partial charge in [0.25, 0.3) is 0 Å². The van der Waals surface area contributed by atoms with Crippen LogP contribution in [0, 0.1) is 11.3 Å². The maximum absolute atomic E-state index is 9.10. The SMILES string of the molecule is CCCN(CCC)c1cc(Br)ccc1C#N. The standard InChI is InChI=1S/C13H17BrN2/c1-3-7-16(8-4-2)13-9-12(14)6-5-11(13)10-15/h5-6,9H,3-4,7-8H2,1-2H3. The molecule has 0 aliphatic rings. The first-order valence-corrected chi connectivity index (χ1v) is 6.46. The van der Waals surface area contributed by atoms with Gasteiger partial charge >= 0.3 is 0 Å². The fourth-order valence-electron chi connectivity index (χ4n) is 1.75. The summed E-state index contributed by atoms with van der Waals surface area (Å²) in [5, 5.41) is 9.10. The lowest BCUT2D eigenvalue weighted by Gasteiger charge is -2.24. The van der Waals surface area contributed by atoms with Crippen LogP contribution in [0.2, 0.25) is 0 Å². The summed E-state index contributed by atoms with van der Waals surface area (Å²) in [5.41, 5.74) is 1.80. The minimum absolute atomic E-state index is 0.755. The second-order valence-electron chi connectivity index (χ2n) is 3.76. The van der Waals surface area contributed by atoms with E-state index in [1.807, 2.05) is 18.2 Å². The first-order valence-electron chi connectivity index (χ1n) is 5.67. The predicted molar refractivity (Wildman–Crippen MR) is 71.7 cm³/mol. The monoisotopic (exact) mass is 280 g/mol. The number of hydrogen-bond acceptors (Lipinski definition) is 2. The minimum Gasteiger partial charge on any atom is -0.370 e. The van der Waals surface area contributed by atoms with Crippen LogP contribution >= 0.6 is 15.9 Å². The van der Waals surface area contributed by atoms with Crippen LogP contribution < -0.4 is 4.90 Å². The van der Waals surface area contributed by atoms with E-state index in [2.05, 4.69) is 40.7 Å². The Labute approximate surface area is 106 Å². The Morgan fingerprint density at radius 3 is 2.38 bits per heavy atom. The van der Waals surface area contributed by atoms with E-state index in [-0.39, 0.29) is 0 Å². The van der Waals surface area contributed by atoms with Crippen molar-refractivity contribution in [1.82, 2.24) is 0 Å². The molecular weight excluding hydrogens is 264 g/mol. The van der Waals surface area contributed by atoms with E-state index in [1.54, 1.807) is 0 Å². The highest BCUT2D eigenvalue weighted by molar-refractivity contribution is 9.10. The second-order valence-corrected chi connectivity index (χ2v) is 4.68. The molecule has 0 radical (unpaired) electrons. The molecule has 86 valence electrons.